The fourth-order valence-electron chi connectivity index (χ4n) is 10.7. The number of carbonyl (C=O) groups is 6. The first-order valence-electron chi connectivity index (χ1n) is 23.4. The number of nitrogens with zero attached hydrogens (tertiary/aromatic N) is 3. The fourth-order valence-corrected chi connectivity index (χ4v) is 10.7. The average Bonchev–Trinajstić information content (AvgIpc) is 3.67. The first-order chi connectivity index (χ1) is 34.5. The van der Waals surface area contributed by atoms with Crippen LogP contribution in [-0.4, -0.2) is 88.6 Å². The molecule has 1 amide bonds. The number of aromatic nitrogens is 4. The number of H-pyrrole nitrogens is 2. The maximum atomic E-state index is 12.7. The molecule has 0 saturated heterocycles. The van der Waals surface area contributed by atoms with Crippen LogP contribution in [-0.2, 0) is 40.1 Å². The molecule has 1 aliphatic heterocycles. The molecule has 373 valence electrons. The summed E-state index contributed by atoms with van der Waals surface area (Å²) in [7, 11) is 5.60. The molecule has 0 atom stereocenters. The van der Waals surface area contributed by atoms with Gasteiger partial charge in [0.15, 0.2) is 6.29 Å². The third-order valence-electron chi connectivity index (χ3n) is 13.9. The van der Waals surface area contributed by atoms with E-state index in [-0.39, 0.29) is 46.6 Å². The second kappa shape index (κ2) is 24.3. The fraction of sp³-hybridized carbons (Fsp3) is 0.358. The van der Waals surface area contributed by atoms with Crippen LogP contribution in [0.3, 0.4) is 0 Å². The van der Waals surface area contributed by atoms with Gasteiger partial charge in [0.05, 0.1) is 34.8 Å². The molecule has 3 radical (unpaired) electrons. The Bertz CT molecular complexity index is 3100. The minimum Gasteiger partial charge on any atom is -0.793 e. The van der Waals surface area contributed by atoms with Gasteiger partial charge in [0, 0.05) is 73.1 Å². The van der Waals surface area contributed by atoms with Crippen LogP contribution in [0, 0.1) is 10.8 Å². The molecule has 0 unspecified atom stereocenters. The quantitative estimate of drug-likeness (QED) is 0.0735. The molecule has 2 spiro atoms. The topological polar surface area (TPSA) is 260 Å². The Kier molecular flexibility index (Phi) is 18.5. The number of hydrogen-bond acceptors (Lipinski definition) is 15. The Morgan fingerprint density at radius 2 is 1.10 bits per heavy atom. The molecule has 2 aromatic heterocycles. The first-order valence-corrected chi connectivity index (χ1v) is 23.4. The molecular formula is C53H55BN6NaO12. The number of carbonyl (C=O) groups excluding carboxylic acids is 6. The SMILES string of the molecule is CC(=O)OOC(C)=O.COC(=O)c1ccccc1C=O.NC1CC2(C1)CC(c1n[nH]c(=O)c3ccccc13)C2.O=C1c2ccccc2CN1C1CC2(CC(c3n[nH]c(=O)c4ccccc34)C2)C1.[B-]OC(C)=O.[Na+]. The van der Waals surface area contributed by atoms with Crippen LogP contribution in [0.4, 0.5) is 0 Å². The molecule has 4 N–H and O–H groups in total. The van der Waals surface area contributed by atoms with Crippen molar-refractivity contribution in [2.45, 2.75) is 103 Å². The molecule has 0 bridgehead atoms. The van der Waals surface area contributed by atoms with Crippen molar-refractivity contribution in [2.75, 3.05) is 7.11 Å². The second-order valence-electron chi connectivity index (χ2n) is 19.0. The Labute approximate surface area is 443 Å². The molecule has 6 aromatic rings. The molecule has 4 aromatic carbocycles. The van der Waals surface area contributed by atoms with Crippen molar-refractivity contribution >= 4 is 65.7 Å². The second-order valence-corrected chi connectivity index (χ2v) is 19.0. The minimum atomic E-state index is -0.639. The van der Waals surface area contributed by atoms with Crippen LogP contribution in [0.5, 0.6) is 0 Å². The van der Waals surface area contributed by atoms with Crippen molar-refractivity contribution in [3.63, 3.8) is 0 Å². The van der Waals surface area contributed by atoms with Gasteiger partial charge in [-0.15, -0.1) is 0 Å². The number of methoxy groups -OCH3 is 1. The molecule has 4 aliphatic carbocycles. The van der Waals surface area contributed by atoms with Crippen LogP contribution in [0.25, 0.3) is 21.5 Å². The molecule has 4 fully saturated rings. The van der Waals surface area contributed by atoms with E-state index >= 15 is 0 Å². The number of aldehydes is 1. The van der Waals surface area contributed by atoms with E-state index in [9.17, 15) is 38.4 Å². The van der Waals surface area contributed by atoms with Crippen molar-refractivity contribution in [1.29, 1.82) is 0 Å². The molecule has 4 saturated carbocycles. The largest absolute Gasteiger partial charge is 1.00 e. The molecular weight excluding hydrogens is 946 g/mol. The standard InChI is InChI=1S/C23H21N3O2.C15H17N3O.C9H8O3.C4H6O4.C2H3BO2.Na/c27-21-19-8-4-3-7-18(19)20(24-25-21)15-9-23(10-15)11-16(12-23)26-13-14-5-1-2-6-17(14)22(26)28;16-10-7-15(8-10)5-9(6-15)13-11-3-1-2-4-12(11)14(19)18-17-13;1-12-9(11)8-5-3-2-4-7(8)6-10;1-3(5)7-8-4(2)6;1-2(4)5-3;/h1-8,15-16H,9-13H2,(H,25,27);1-4,9-10H,5-8,16H2,(H,18,19);2-6H,1H3;1-2H3;1H3;/q;;;;-1;+1. The van der Waals surface area contributed by atoms with Crippen molar-refractivity contribution in [2.24, 2.45) is 16.6 Å². The molecule has 18 nitrogen and oxygen atoms in total. The van der Waals surface area contributed by atoms with Crippen LogP contribution in [0.15, 0.2) is 107 Å². The number of aromatic amines is 2. The summed E-state index contributed by atoms with van der Waals surface area (Å²) in [6, 6.07) is 30.7. The predicted molar refractivity (Wildman–Crippen MR) is 264 cm³/mol. The minimum absolute atomic E-state index is 0. The Morgan fingerprint density at radius 1 is 0.658 bits per heavy atom. The van der Waals surface area contributed by atoms with Gasteiger partial charge >= 0.3 is 47.5 Å². The van der Waals surface area contributed by atoms with Crippen LogP contribution < -0.4 is 46.4 Å². The normalized spacial score (nSPS) is 22.3. The summed E-state index contributed by atoms with van der Waals surface area (Å²) in [6.45, 7) is 4.27. The zero-order valence-electron chi connectivity index (χ0n) is 41.4. The van der Waals surface area contributed by atoms with E-state index in [0.29, 0.717) is 52.2 Å². The maximum Gasteiger partial charge on any atom is 1.00 e. The molecule has 3 heterocycles. The van der Waals surface area contributed by atoms with E-state index in [1.807, 2.05) is 66.7 Å². The maximum absolute atomic E-state index is 12.7. The van der Waals surface area contributed by atoms with E-state index < -0.39 is 23.9 Å². The number of fused-ring (bicyclic) bond motifs is 3. The van der Waals surface area contributed by atoms with Crippen molar-refractivity contribution in [3.8, 4) is 0 Å². The summed E-state index contributed by atoms with van der Waals surface area (Å²) in [5.74, 6) is -1.16. The van der Waals surface area contributed by atoms with Crippen molar-refractivity contribution < 1.29 is 77.5 Å². The average molecular weight is 1000 g/mol. The smallest absolute Gasteiger partial charge is 0.793 e. The predicted octanol–water partition coefficient (Wildman–Crippen LogP) is 3.46. The monoisotopic (exact) mass is 1000 g/mol. The molecule has 5 aliphatic rings. The summed E-state index contributed by atoms with van der Waals surface area (Å²) >= 11 is 0. The van der Waals surface area contributed by atoms with Gasteiger partial charge in [-0.2, -0.15) is 10.2 Å². The van der Waals surface area contributed by atoms with E-state index in [1.165, 1.54) is 26.9 Å². The number of hydrogen-bond donors (Lipinski definition) is 3. The molecule has 20 heteroatoms. The van der Waals surface area contributed by atoms with Crippen LogP contribution in [0.2, 0.25) is 0 Å². The first kappa shape index (κ1) is 55.5. The molecule has 73 heavy (non-hydrogen) atoms. The van der Waals surface area contributed by atoms with Crippen molar-refractivity contribution in [3.05, 3.63) is 151 Å². The summed E-state index contributed by atoms with van der Waals surface area (Å²) in [5, 5.41) is 17.4. The van der Waals surface area contributed by atoms with Gasteiger partial charge in [-0.3, -0.25) is 24.0 Å². The van der Waals surface area contributed by atoms with Gasteiger partial charge < -0.3 is 28.1 Å². The van der Waals surface area contributed by atoms with E-state index in [0.717, 1.165) is 103 Å². The van der Waals surface area contributed by atoms with Gasteiger partial charge in [0.1, 0.15) is 0 Å². The number of benzene rings is 4. The summed E-state index contributed by atoms with van der Waals surface area (Å²) < 4.78 is 8.09. The Hall–Kier alpha value is -6.80. The van der Waals surface area contributed by atoms with Crippen LogP contribution >= 0.6 is 0 Å². The number of ether oxygens (including phenoxy) is 1. The third-order valence-corrected chi connectivity index (χ3v) is 13.9. The number of amides is 1. The number of nitrogens with one attached hydrogen (secondary N) is 2. The molecule has 11 rings (SSSR count). The van der Waals surface area contributed by atoms with E-state index in [4.69, 9.17) is 5.73 Å². The Morgan fingerprint density at radius 3 is 1.53 bits per heavy atom. The summed E-state index contributed by atoms with van der Waals surface area (Å²) in [4.78, 5) is 96.8. The van der Waals surface area contributed by atoms with Gasteiger partial charge in [0.2, 0.25) is 5.97 Å². The summed E-state index contributed by atoms with van der Waals surface area (Å²) in [5.41, 5.74) is 11.3. The van der Waals surface area contributed by atoms with E-state index in [1.54, 1.807) is 24.3 Å². The van der Waals surface area contributed by atoms with Gasteiger partial charge in [-0.25, -0.2) is 34.4 Å². The number of esters is 1. The Balaban J connectivity index is 0.000000168. The number of nitrogens with two attached hydrogens (primary N) is 1. The zero-order chi connectivity index (χ0) is 51.7. The van der Waals surface area contributed by atoms with Crippen molar-refractivity contribution in [1.82, 2.24) is 25.3 Å². The third kappa shape index (κ3) is 12.9. The number of rotatable bonds is 5. The van der Waals surface area contributed by atoms with Gasteiger partial charge in [-0.1, -0.05) is 72.8 Å². The zero-order valence-corrected chi connectivity index (χ0v) is 43.4. The summed E-state index contributed by atoms with van der Waals surface area (Å²) in [6.07, 6.45) is 9.66. The van der Waals surface area contributed by atoms with Gasteiger partial charge in [-0.05, 0) is 92.0 Å². The van der Waals surface area contributed by atoms with Gasteiger partial charge in [0.25, 0.3) is 17.0 Å². The van der Waals surface area contributed by atoms with E-state index in [2.05, 4.69) is 58.6 Å². The van der Waals surface area contributed by atoms with Crippen LogP contribution in [0.1, 0.15) is 132 Å².